The summed E-state index contributed by atoms with van der Waals surface area (Å²) in [5.41, 5.74) is 7.50. The van der Waals surface area contributed by atoms with Crippen molar-refractivity contribution in [2.75, 3.05) is 24.3 Å². The summed E-state index contributed by atoms with van der Waals surface area (Å²) in [6, 6.07) is 1.79. The first-order valence-electron chi connectivity index (χ1n) is 6.21. The van der Waals surface area contributed by atoms with Gasteiger partial charge in [0.05, 0.1) is 17.6 Å². The predicted octanol–water partition coefficient (Wildman–Crippen LogP) is 1.60. The van der Waals surface area contributed by atoms with Gasteiger partial charge in [0.15, 0.2) is 0 Å². The average molecular weight is 250 g/mol. The largest absolute Gasteiger partial charge is 0.376 e. The molecule has 1 atom stereocenters. The third-order valence-electron chi connectivity index (χ3n) is 2.66. The highest BCUT2D eigenvalue weighted by atomic mass is 16.1. The van der Waals surface area contributed by atoms with Gasteiger partial charge in [-0.15, -0.1) is 0 Å². The van der Waals surface area contributed by atoms with E-state index in [4.69, 9.17) is 5.73 Å². The van der Waals surface area contributed by atoms with E-state index in [0.29, 0.717) is 6.42 Å². The van der Waals surface area contributed by atoms with E-state index in [2.05, 4.69) is 17.2 Å². The van der Waals surface area contributed by atoms with Crippen LogP contribution in [-0.4, -0.2) is 31.0 Å². The number of pyridine rings is 1. The van der Waals surface area contributed by atoms with Gasteiger partial charge >= 0.3 is 0 Å². The molecule has 0 spiro atoms. The molecule has 5 nitrogen and oxygen atoms in total. The van der Waals surface area contributed by atoms with Crippen molar-refractivity contribution in [3.05, 3.63) is 18.5 Å². The maximum absolute atomic E-state index is 11.8. The van der Waals surface area contributed by atoms with E-state index in [1.807, 2.05) is 25.1 Å². The second-order valence-electron chi connectivity index (χ2n) is 4.59. The highest BCUT2D eigenvalue weighted by molar-refractivity contribution is 5.94. The van der Waals surface area contributed by atoms with Gasteiger partial charge in [0, 0.05) is 32.8 Å². The van der Waals surface area contributed by atoms with Crippen LogP contribution in [0.4, 0.5) is 11.4 Å². The maximum Gasteiger partial charge on any atom is 0.226 e. The van der Waals surface area contributed by atoms with E-state index in [1.54, 1.807) is 12.4 Å². The van der Waals surface area contributed by atoms with Gasteiger partial charge in [-0.05, 0) is 12.5 Å². The number of amides is 1. The highest BCUT2D eigenvalue weighted by Crippen LogP contribution is 2.22. The van der Waals surface area contributed by atoms with Crippen LogP contribution < -0.4 is 16.0 Å². The molecule has 0 aromatic carbocycles. The van der Waals surface area contributed by atoms with Gasteiger partial charge in [0.2, 0.25) is 5.91 Å². The number of rotatable bonds is 6. The summed E-state index contributed by atoms with van der Waals surface area (Å²) in [5, 5.41) is 2.86. The Hall–Kier alpha value is -1.62. The minimum atomic E-state index is -0.0746. The van der Waals surface area contributed by atoms with Crippen molar-refractivity contribution in [1.29, 1.82) is 0 Å². The number of nitrogens with two attached hydrogens (primary N) is 1. The number of nitrogens with zero attached hydrogens (tertiary/aromatic N) is 2. The van der Waals surface area contributed by atoms with Crippen LogP contribution in [0, 0.1) is 0 Å². The summed E-state index contributed by atoms with van der Waals surface area (Å²) < 4.78 is 0. The zero-order valence-corrected chi connectivity index (χ0v) is 11.3. The van der Waals surface area contributed by atoms with Crippen LogP contribution in [0.5, 0.6) is 0 Å². The molecule has 1 aromatic rings. The quantitative estimate of drug-likeness (QED) is 0.804. The third-order valence-corrected chi connectivity index (χ3v) is 2.66. The van der Waals surface area contributed by atoms with Crippen molar-refractivity contribution in [1.82, 2.24) is 4.98 Å². The van der Waals surface area contributed by atoms with E-state index < -0.39 is 0 Å². The van der Waals surface area contributed by atoms with Gasteiger partial charge in [0.1, 0.15) is 0 Å². The Balaban J connectivity index is 2.64. The van der Waals surface area contributed by atoms with Crippen molar-refractivity contribution >= 4 is 17.3 Å². The van der Waals surface area contributed by atoms with Crippen molar-refractivity contribution in [2.24, 2.45) is 5.73 Å². The molecule has 3 N–H and O–H groups in total. The monoisotopic (exact) mass is 250 g/mol. The molecular formula is C13H22N4O. The lowest BCUT2D eigenvalue weighted by Crippen LogP contribution is -2.27. The molecule has 1 amide bonds. The normalized spacial score (nSPS) is 12.0. The molecule has 0 fully saturated rings. The van der Waals surface area contributed by atoms with Gasteiger partial charge in [0.25, 0.3) is 0 Å². The van der Waals surface area contributed by atoms with Gasteiger partial charge in [-0.3, -0.25) is 9.78 Å². The number of anilines is 2. The topological polar surface area (TPSA) is 71.2 Å². The van der Waals surface area contributed by atoms with Crippen molar-refractivity contribution in [2.45, 2.75) is 32.2 Å². The molecule has 0 aliphatic heterocycles. The number of nitrogens with one attached hydrogen (secondary N) is 1. The van der Waals surface area contributed by atoms with E-state index in [-0.39, 0.29) is 11.9 Å². The van der Waals surface area contributed by atoms with Crippen LogP contribution in [0.1, 0.15) is 26.2 Å². The Bertz CT molecular complexity index is 392. The lowest BCUT2D eigenvalue weighted by Gasteiger charge is -2.18. The standard InChI is InChI=1S/C13H22N4O/c1-4-5-10(14)8-13(18)16-11-9-15-7-6-12(11)17(2)3/h6-7,9-10H,4-5,8,14H2,1-3H3,(H,16,18). The minimum Gasteiger partial charge on any atom is -0.376 e. The van der Waals surface area contributed by atoms with Gasteiger partial charge < -0.3 is 16.0 Å². The molecule has 100 valence electrons. The van der Waals surface area contributed by atoms with Crippen LogP contribution in [0.3, 0.4) is 0 Å². The Labute approximate surface area is 108 Å². The van der Waals surface area contributed by atoms with Crippen LogP contribution >= 0.6 is 0 Å². The molecule has 0 saturated carbocycles. The Morgan fingerprint density at radius 3 is 2.89 bits per heavy atom. The second kappa shape index (κ2) is 6.96. The summed E-state index contributed by atoms with van der Waals surface area (Å²) in [6.07, 6.45) is 5.55. The van der Waals surface area contributed by atoms with Gasteiger partial charge in [-0.25, -0.2) is 0 Å². The van der Waals surface area contributed by atoms with Crippen LogP contribution in [0.25, 0.3) is 0 Å². The molecule has 18 heavy (non-hydrogen) atoms. The summed E-state index contributed by atoms with van der Waals surface area (Å²) in [5.74, 6) is -0.0629. The minimum absolute atomic E-state index is 0.0629. The molecule has 0 radical (unpaired) electrons. The second-order valence-corrected chi connectivity index (χ2v) is 4.59. The molecule has 1 heterocycles. The fraction of sp³-hybridized carbons (Fsp3) is 0.538. The average Bonchev–Trinajstić information content (AvgIpc) is 2.29. The molecule has 0 aliphatic rings. The van der Waals surface area contributed by atoms with Crippen molar-refractivity contribution in [3.63, 3.8) is 0 Å². The van der Waals surface area contributed by atoms with Gasteiger partial charge in [-0.2, -0.15) is 0 Å². The first-order chi connectivity index (χ1) is 8.54. The number of aromatic nitrogens is 1. The fourth-order valence-electron chi connectivity index (χ4n) is 1.79. The van der Waals surface area contributed by atoms with E-state index in [9.17, 15) is 4.79 Å². The summed E-state index contributed by atoms with van der Waals surface area (Å²) in [7, 11) is 3.85. The predicted molar refractivity (Wildman–Crippen MR) is 74.7 cm³/mol. The van der Waals surface area contributed by atoms with E-state index >= 15 is 0 Å². The Morgan fingerprint density at radius 2 is 2.28 bits per heavy atom. The van der Waals surface area contributed by atoms with E-state index in [1.165, 1.54) is 0 Å². The molecule has 0 aliphatic carbocycles. The number of carbonyl (C=O) groups is 1. The lowest BCUT2D eigenvalue weighted by atomic mass is 10.1. The molecule has 1 rings (SSSR count). The lowest BCUT2D eigenvalue weighted by molar-refractivity contribution is -0.116. The van der Waals surface area contributed by atoms with Crippen molar-refractivity contribution < 1.29 is 4.79 Å². The molecular weight excluding hydrogens is 228 g/mol. The molecule has 1 unspecified atom stereocenters. The number of carbonyl (C=O) groups excluding carboxylic acids is 1. The molecule has 0 saturated heterocycles. The first kappa shape index (κ1) is 14.4. The third kappa shape index (κ3) is 4.33. The van der Waals surface area contributed by atoms with Crippen molar-refractivity contribution in [3.8, 4) is 0 Å². The van der Waals surface area contributed by atoms with E-state index in [0.717, 1.165) is 24.2 Å². The summed E-state index contributed by atoms with van der Waals surface area (Å²) in [6.45, 7) is 2.06. The molecule has 0 bridgehead atoms. The fourth-order valence-corrected chi connectivity index (χ4v) is 1.79. The van der Waals surface area contributed by atoms with Gasteiger partial charge in [-0.1, -0.05) is 13.3 Å². The zero-order chi connectivity index (χ0) is 13.5. The van der Waals surface area contributed by atoms with Crippen LogP contribution in [0.2, 0.25) is 0 Å². The summed E-state index contributed by atoms with van der Waals surface area (Å²) in [4.78, 5) is 17.8. The van der Waals surface area contributed by atoms with Crippen LogP contribution in [0.15, 0.2) is 18.5 Å². The number of hydrogen-bond donors (Lipinski definition) is 2. The number of hydrogen-bond acceptors (Lipinski definition) is 4. The zero-order valence-electron chi connectivity index (χ0n) is 11.3. The smallest absolute Gasteiger partial charge is 0.226 e. The summed E-state index contributed by atoms with van der Waals surface area (Å²) >= 11 is 0. The Kier molecular flexibility index (Phi) is 5.58. The maximum atomic E-state index is 11.8. The first-order valence-corrected chi connectivity index (χ1v) is 6.21. The Morgan fingerprint density at radius 1 is 1.56 bits per heavy atom. The highest BCUT2D eigenvalue weighted by Gasteiger charge is 2.11. The molecule has 5 heteroatoms. The SMILES string of the molecule is CCCC(N)CC(=O)Nc1cnccc1N(C)C. The molecule has 1 aromatic heterocycles. The van der Waals surface area contributed by atoms with Crippen LogP contribution in [-0.2, 0) is 4.79 Å².